The third-order valence-electron chi connectivity index (χ3n) is 5.74. The number of hydrogen-bond donors (Lipinski definition) is 1. The smallest absolute Gasteiger partial charge is 0.263 e. The van der Waals surface area contributed by atoms with E-state index in [1.807, 2.05) is 28.5 Å². The second-order valence-corrected chi connectivity index (χ2v) is 8.44. The van der Waals surface area contributed by atoms with Crippen molar-refractivity contribution in [3.63, 3.8) is 0 Å². The first-order valence-electron chi connectivity index (χ1n) is 10.5. The highest BCUT2D eigenvalue weighted by molar-refractivity contribution is 7.12. The summed E-state index contributed by atoms with van der Waals surface area (Å²) in [5.74, 6) is 0.174. The van der Waals surface area contributed by atoms with Crippen molar-refractivity contribution in [3.05, 3.63) is 57.8 Å². The number of likely N-dealkylation sites (tertiary alicyclic amines) is 1. The maximum atomic E-state index is 12.7. The van der Waals surface area contributed by atoms with Gasteiger partial charge in [-0.1, -0.05) is 44.2 Å². The molecular formula is C23H31N3O2S. The molecule has 2 aromatic rings. The number of amides is 2. The molecule has 0 atom stereocenters. The predicted molar refractivity (Wildman–Crippen MR) is 118 cm³/mol. The summed E-state index contributed by atoms with van der Waals surface area (Å²) in [5.41, 5.74) is 2.45. The fourth-order valence-corrected chi connectivity index (χ4v) is 4.49. The third-order valence-corrected chi connectivity index (χ3v) is 6.60. The molecule has 0 saturated carbocycles. The molecule has 3 rings (SSSR count). The molecule has 156 valence electrons. The summed E-state index contributed by atoms with van der Waals surface area (Å²) in [6, 6.07) is 12.1. The fourth-order valence-electron chi connectivity index (χ4n) is 3.80. The van der Waals surface area contributed by atoms with Crippen molar-refractivity contribution in [2.45, 2.75) is 39.8 Å². The first kappa shape index (κ1) is 21.5. The number of carbonyl (C=O) groups is 2. The van der Waals surface area contributed by atoms with Crippen molar-refractivity contribution in [1.29, 1.82) is 0 Å². The third kappa shape index (κ3) is 5.67. The lowest BCUT2D eigenvalue weighted by Crippen LogP contribution is -2.42. The van der Waals surface area contributed by atoms with E-state index >= 15 is 0 Å². The lowest BCUT2D eigenvalue weighted by Gasteiger charge is -2.31. The summed E-state index contributed by atoms with van der Waals surface area (Å²) in [6.07, 6.45) is 1.45. The van der Waals surface area contributed by atoms with Crippen LogP contribution < -0.4 is 5.32 Å². The van der Waals surface area contributed by atoms with Crippen molar-refractivity contribution in [2.24, 2.45) is 5.92 Å². The molecule has 0 radical (unpaired) electrons. The largest absolute Gasteiger partial charge is 0.352 e. The predicted octanol–water partition coefficient (Wildman–Crippen LogP) is 3.76. The van der Waals surface area contributed by atoms with Gasteiger partial charge in [-0.25, -0.2) is 0 Å². The molecule has 0 unspecified atom stereocenters. The van der Waals surface area contributed by atoms with Gasteiger partial charge in [0.1, 0.15) is 0 Å². The van der Waals surface area contributed by atoms with Gasteiger partial charge in [-0.3, -0.25) is 14.5 Å². The highest BCUT2D eigenvalue weighted by atomic mass is 32.1. The summed E-state index contributed by atoms with van der Waals surface area (Å²) in [5, 5.41) is 5.05. The number of benzene rings is 1. The van der Waals surface area contributed by atoms with E-state index < -0.39 is 0 Å². The van der Waals surface area contributed by atoms with Gasteiger partial charge in [-0.05, 0) is 48.5 Å². The zero-order chi connectivity index (χ0) is 20.6. The van der Waals surface area contributed by atoms with Gasteiger partial charge in [0, 0.05) is 32.1 Å². The van der Waals surface area contributed by atoms with Crippen molar-refractivity contribution in [1.82, 2.24) is 15.1 Å². The van der Waals surface area contributed by atoms with E-state index in [0.717, 1.165) is 37.4 Å². The average molecular weight is 414 g/mol. The molecule has 0 spiro atoms. The molecule has 1 fully saturated rings. The highest BCUT2D eigenvalue weighted by Crippen LogP contribution is 2.21. The Labute approximate surface area is 177 Å². The normalized spacial score (nSPS) is 14.9. The minimum Gasteiger partial charge on any atom is -0.352 e. The molecule has 5 nitrogen and oxygen atoms in total. The Morgan fingerprint density at radius 3 is 2.38 bits per heavy atom. The van der Waals surface area contributed by atoms with Gasteiger partial charge < -0.3 is 10.2 Å². The van der Waals surface area contributed by atoms with Crippen LogP contribution in [-0.2, 0) is 17.9 Å². The maximum absolute atomic E-state index is 12.7. The minimum absolute atomic E-state index is 0.0164. The lowest BCUT2D eigenvalue weighted by atomic mass is 9.95. The Morgan fingerprint density at radius 2 is 1.76 bits per heavy atom. The Kier molecular flexibility index (Phi) is 7.83. The first-order valence-corrected chi connectivity index (χ1v) is 11.4. The molecule has 1 aromatic carbocycles. The lowest BCUT2D eigenvalue weighted by molar-refractivity contribution is -0.126. The number of carbonyl (C=O) groups excluding carboxylic acids is 2. The number of rotatable bonds is 8. The fraction of sp³-hybridized carbons (Fsp3) is 0.478. The second-order valence-electron chi connectivity index (χ2n) is 7.49. The Balaban J connectivity index is 1.50. The van der Waals surface area contributed by atoms with Gasteiger partial charge >= 0.3 is 0 Å². The molecule has 0 bridgehead atoms. The molecule has 6 heteroatoms. The van der Waals surface area contributed by atoms with Crippen molar-refractivity contribution in [2.75, 3.05) is 26.2 Å². The molecular weight excluding hydrogens is 382 g/mol. The number of nitrogens with one attached hydrogen (secondary N) is 1. The van der Waals surface area contributed by atoms with E-state index in [0.29, 0.717) is 19.6 Å². The van der Waals surface area contributed by atoms with Crippen LogP contribution in [-0.4, -0.2) is 47.8 Å². The quantitative estimate of drug-likeness (QED) is 0.717. The summed E-state index contributed by atoms with van der Waals surface area (Å²) in [7, 11) is 0. The monoisotopic (exact) mass is 413 g/mol. The summed E-state index contributed by atoms with van der Waals surface area (Å²) in [4.78, 5) is 30.2. The van der Waals surface area contributed by atoms with Crippen molar-refractivity contribution in [3.8, 4) is 0 Å². The molecule has 0 aliphatic carbocycles. The number of thiophene rings is 1. The summed E-state index contributed by atoms with van der Waals surface area (Å²) >= 11 is 1.47. The van der Waals surface area contributed by atoms with Crippen LogP contribution in [0.5, 0.6) is 0 Å². The van der Waals surface area contributed by atoms with E-state index in [1.165, 1.54) is 22.5 Å². The second kappa shape index (κ2) is 10.6. The maximum Gasteiger partial charge on any atom is 0.263 e. The zero-order valence-electron chi connectivity index (χ0n) is 17.4. The van der Waals surface area contributed by atoms with E-state index in [1.54, 1.807) is 0 Å². The Bertz CT molecular complexity index is 794. The molecule has 2 heterocycles. The molecule has 1 aliphatic heterocycles. The topological polar surface area (TPSA) is 52.7 Å². The SMILES string of the molecule is CCN(CC)Cc1ccccc1CNC(=O)C1CCN(C(=O)c2cccs2)CC1. The molecule has 29 heavy (non-hydrogen) atoms. The number of nitrogens with zero attached hydrogens (tertiary/aromatic N) is 2. The van der Waals surface area contributed by atoms with E-state index in [4.69, 9.17) is 0 Å². The Hall–Kier alpha value is -2.18. The number of hydrogen-bond acceptors (Lipinski definition) is 4. The van der Waals surface area contributed by atoms with Crippen LogP contribution in [0.15, 0.2) is 41.8 Å². The molecule has 1 N–H and O–H groups in total. The van der Waals surface area contributed by atoms with Gasteiger partial charge in [-0.15, -0.1) is 11.3 Å². The van der Waals surface area contributed by atoms with Crippen LogP contribution in [0.4, 0.5) is 0 Å². The van der Waals surface area contributed by atoms with Gasteiger partial charge in [-0.2, -0.15) is 0 Å². The van der Waals surface area contributed by atoms with Crippen LogP contribution in [0.25, 0.3) is 0 Å². The summed E-state index contributed by atoms with van der Waals surface area (Å²) in [6.45, 7) is 9.13. The van der Waals surface area contributed by atoms with Gasteiger partial charge in [0.25, 0.3) is 5.91 Å². The standard InChI is InChI=1S/C23H31N3O2S/c1-3-25(4-2)17-20-9-6-5-8-19(20)16-24-22(27)18-11-13-26(14-12-18)23(28)21-10-7-15-29-21/h5-10,15,18H,3-4,11-14,16-17H2,1-2H3,(H,24,27). The zero-order valence-corrected chi connectivity index (χ0v) is 18.2. The molecule has 1 aromatic heterocycles. The van der Waals surface area contributed by atoms with Gasteiger partial charge in [0.15, 0.2) is 0 Å². The Morgan fingerprint density at radius 1 is 1.07 bits per heavy atom. The van der Waals surface area contributed by atoms with Crippen LogP contribution in [0.2, 0.25) is 0 Å². The average Bonchev–Trinajstić information content (AvgIpc) is 3.31. The minimum atomic E-state index is -0.0164. The van der Waals surface area contributed by atoms with Crippen molar-refractivity contribution < 1.29 is 9.59 Å². The van der Waals surface area contributed by atoms with E-state index in [2.05, 4.69) is 42.3 Å². The van der Waals surface area contributed by atoms with Crippen LogP contribution >= 0.6 is 11.3 Å². The van der Waals surface area contributed by atoms with Gasteiger partial charge in [0.05, 0.1) is 4.88 Å². The molecule has 1 saturated heterocycles. The van der Waals surface area contributed by atoms with E-state index in [9.17, 15) is 9.59 Å². The first-order chi connectivity index (χ1) is 14.1. The molecule has 1 aliphatic rings. The van der Waals surface area contributed by atoms with Gasteiger partial charge in [0.2, 0.25) is 5.91 Å². The van der Waals surface area contributed by atoms with Crippen LogP contribution in [0.1, 0.15) is 47.5 Å². The summed E-state index contributed by atoms with van der Waals surface area (Å²) < 4.78 is 0. The van der Waals surface area contributed by atoms with E-state index in [-0.39, 0.29) is 17.7 Å². The van der Waals surface area contributed by atoms with Crippen LogP contribution in [0.3, 0.4) is 0 Å². The molecule has 2 amide bonds. The van der Waals surface area contributed by atoms with Crippen LogP contribution in [0, 0.1) is 5.92 Å². The highest BCUT2D eigenvalue weighted by Gasteiger charge is 2.28. The number of piperidine rings is 1. The van der Waals surface area contributed by atoms with Crippen molar-refractivity contribution >= 4 is 23.2 Å².